The van der Waals surface area contributed by atoms with Crippen LogP contribution in [0.1, 0.15) is 38.4 Å². The quantitative estimate of drug-likeness (QED) is 0.372. The fourth-order valence-electron chi connectivity index (χ4n) is 3.35. The van der Waals surface area contributed by atoms with E-state index in [1.165, 1.54) is 6.07 Å². The van der Waals surface area contributed by atoms with E-state index in [1.807, 2.05) is 26.0 Å². The van der Waals surface area contributed by atoms with E-state index in [0.29, 0.717) is 16.5 Å². The van der Waals surface area contributed by atoms with Crippen LogP contribution < -0.4 is 5.63 Å². The molecule has 0 amide bonds. The van der Waals surface area contributed by atoms with Crippen molar-refractivity contribution in [1.82, 2.24) is 4.57 Å². The van der Waals surface area contributed by atoms with Gasteiger partial charge in [-0.15, -0.1) is 0 Å². The first-order valence-corrected chi connectivity index (χ1v) is 9.27. The van der Waals surface area contributed by atoms with Crippen LogP contribution in [0.3, 0.4) is 0 Å². The van der Waals surface area contributed by atoms with Gasteiger partial charge in [-0.05, 0) is 56.2 Å². The Morgan fingerprint density at radius 2 is 1.80 bits per heavy atom. The third-order valence-electron chi connectivity index (χ3n) is 5.02. The van der Waals surface area contributed by atoms with Crippen LogP contribution >= 0.6 is 0 Å². The maximum absolute atomic E-state index is 12.8. The Kier molecular flexibility index (Phi) is 4.76. The van der Waals surface area contributed by atoms with Gasteiger partial charge in [0.05, 0.1) is 0 Å². The average molecular weight is 402 g/mol. The molecule has 150 valence electrons. The molecule has 0 spiro atoms. The third-order valence-corrected chi connectivity index (χ3v) is 5.02. The van der Waals surface area contributed by atoms with Gasteiger partial charge in [-0.2, -0.15) is 5.26 Å². The highest BCUT2D eigenvalue weighted by atomic mass is 16.5. The number of carbonyl (C=O) groups is 1. The first-order valence-electron chi connectivity index (χ1n) is 9.27. The molecule has 4 aromatic rings. The molecule has 0 unspecified atom stereocenters. The number of fused-ring (bicyclic) bond motifs is 1. The van der Waals surface area contributed by atoms with E-state index in [4.69, 9.17) is 13.6 Å². The molecular formula is C23H18N2O5. The zero-order valence-electron chi connectivity index (χ0n) is 16.7. The molecule has 0 aliphatic heterocycles. The minimum absolute atomic E-state index is 0.0699. The van der Waals surface area contributed by atoms with E-state index >= 15 is 0 Å². The maximum Gasteiger partial charge on any atom is 0.343 e. The lowest BCUT2D eigenvalue weighted by atomic mass is 10.0. The van der Waals surface area contributed by atoms with Gasteiger partial charge in [-0.1, -0.05) is 0 Å². The number of hydrogen-bond donors (Lipinski definition) is 0. The van der Waals surface area contributed by atoms with Crippen molar-refractivity contribution in [2.75, 3.05) is 0 Å². The van der Waals surface area contributed by atoms with Crippen molar-refractivity contribution in [1.29, 1.82) is 5.26 Å². The minimum Gasteiger partial charge on any atom is -0.457 e. The maximum atomic E-state index is 12.8. The molecule has 0 saturated heterocycles. The summed E-state index contributed by atoms with van der Waals surface area (Å²) >= 11 is 0. The summed E-state index contributed by atoms with van der Waals surface area (Å²) in [5, 5.41) is 10.3. The second-order valence-electron chi connectivity index (χ2n) is 7.01. The molecule has 0 bridgehead atoms. The molecular weight excluding hydrogens is 384 g/mol. The van der Waals surface area contributed by atoms with Crippen molar-refractivity contribution in [3.63, 3.8) is 0 Å². The Balaban J connectivity index is 1.68. The molecule has 0 radical (unpaired) electrons. The van der Waals surface area contributed by atoms with Crippen LogP contribution in [-0.4, -0.2) is 10.5 Å². The van der Waals surface area contributed by atoms with Crippen molar-refractivity contribution >= 4 is 16.9 Å². The molecule has 1 aromatic carbocycles. The molecule has 30 heavy (non-hydrogen) atoms. The van der Waals surface area contributed by atoms with Gasteiger partial charge in [0, 0.05) is 29.4 Å². The van der Waals surface area contributed by atoms with Crippen molar-refractivity contribution in [2.24, 2.45) is 0 Å². The van der Waals surface area contributed by atoms with Crippen LogP contribution in [0.5, 0.6) is 0 Å². The largest absolute Gasteiger partial charge is 0.457 e. The van der Waals surface area contributed by atoms with Crippen LogP contribution in [-0.2, 0) is 11.3 Å². The van der Waals surface area contributed by atoms with Crippen molar-refractivity contribution in [3.05, 3.63) is 86.7 Å². The van der Waals surface area contributed by atoms with Gasteiger partial charge in [0.2, 0.25) is 5.88 Å². The summed E-state index contributed by atoms with van der Waals surface area (Å²) in [5.74, 6) is -0.163. The molecule has 0 saturated carbocycles. The topological polar surface area (TPSA) is 98.4 Å². The number of benzene rings is 1. The smallest absolute Gasteiger partial charge is 0.343 e. The highest BCUT2D eigenvalue weighted by molar-refractivity contribution is 5.94. The van der Waals surface area contributed by atoms with E-state index in [9.17, 15) is 14.9 Å². The van der Waals surface area contributed by atoms with Crippen LogP contribution in [0.15, 0.2) is 56.4 Å². The monoisotopic (exact) mass is 402 g/mol. The van der Waals surface area contributed by atoms with Gasteiger partial charge in [-0.3, -0.25) is 4.57 Å². The number of nitriles is 1. The Labute approximate surface area is 171 Å². The summed E-state index contributed by atoms with van der Waals surface area (Å²) in [7, 11) is 0. The van der Waals surface area contributed by atoms with Crippen LogP contribution in [0.4, 0.5) is 0 Å². The summed E-state index contributed by atoms with van der Waals surface area (Å²) < 4.78 is 18.0. The van der Waals surface area contributed by atoms with Gasteiger partial charge < -0.3 is 13.6 Å². The number of aromatic nitrogens is 1. The molecule has 7 heteroatoms. The lowest BCUT2D eigenvalue weighted by molar-refractivity contribution is 0.0471. The molecule has 0 fully saturated rings. The van der Waals surface area contributed by atoms with E-state index in [1.54, 1.807) is 42.1 Å². The second kappa shape index (κ2) is 7.41. The van der Waals surface area contributed by atoms with Gasteiger partial charge >= 0.3 is 11.6 Å². The van der Waals surface area contributed by atoms with Crippen LogP contribution in [0, 0.1) is 32.1 Å². The Morgan fingerprint density at radius 3 is 2.50 bits per heavy atom. The predicted octanol–water partition coefficient (Wildman–Crippen LogP) is 4.33. The van der Waals surface area contributed by atoms with E-state index in [-0.39, 0.29) is 29.4 Å². The number of hydrogen-bond acceptors (Lipinski definition) is 6. The summed E-state index contributed by atoms with van der Waals surface area (Å²) in [6, 6.07) is 10.6. The van der Waals surface area contributed by atoms with Crippen molar-refractivity contribution < 1.29 is 18.4 Å². The molecule has 3 aromatic heterocycles. The molecule has 4 rings (SSSR count). The molecule has 3 heterocycles. The Bertz CT molecular complexity index is 1370. The van der Waals surface area contributed by atoms with Crippen molar-refractivity contribution in [3.8, 4) is 12.0 Å². The average Bonchev–Trinajstić information content (AvgIpc) is 3.34. The van der Waals surface area contributed by atoms with Crippen LogP contribution in [0.25, 0.3) is 16.9 Å². The zero-order chi connectivity index (χ0) is 21.4. The van der Waals surface area contributed by atoms with E-state index in [2.05, 4.69) is 0 Å². The number of nitrogens with zero attached hydrogens (tertiary/aromatic N) is 2. The van der Waals surface area contributed by atoms with Crippen LogP contribution in [0.2, 0.25) is 0 Å². The highest BCUT2D eigenvalue weighted by Gasteiger charge is 2.26. The predicted molar refractivity (Wildman–Crippen MR) is 109 cm³/mol. The number of carbonyl (C=O) groups excluding carboxylic acids is 1. The summed E-state index contributed by atoms with van der Waals surface area (Å²) in [4.78, 5) is 24.7. The molecule has 0 N–H and O–H groups in total. The fraction of sp³-hybridized carbons (Fsp3) is 0.174. The number of esters is 1. The number of ether oxygens (including phenoxy) is 1. The third kappa shape index (κ3) is 3.29. The molecule has 0 atom stereocenters. The number of furan rings is 1. The number of aryl methyl sites for hydroxylation is 3. The lowest BCUT2D eigenvalue weighted by Crippen LogP contribution is -2.10. The molecule has 0 aliphatic rings. The summed E-state index contributed by atoms with van der Waals surface area (Å²) in [6.45, 7) is 5.34. The zero-order valence-corrected chi connectivity index (χ0v) is 16.7. The summed E-state index contributed by atoms with van der Waals surface area (Å²) in [6.07, 6.45) is 3.43. The standard InChI is InChI=1S/C23H18N2O5/c1-13-8-17-16(10-20(26)30-19(17)9-14(13)2)12-28-23(27)21-15(3)29-22(18(21)11-24)25-6-4-5-7-25/h4-10H,12H2,1-3H3. The van der Waals surface area contributed by atoms with Gasteiger partial charge in [0.1, 0.15) is 35.1 Å². The van der Waals surface area contributed by atoms with E-state index < -0.39 is 11.6 Å². The summed E-state index contributed by atoms with van der Waals surface area (Å²) in [5.41, 5.74) is 2.62. The lowest BCUT2D eigenvalue weighted by Gasteiger charge is -2.09. The SMILES string of the molecule is Cc1cc2oc(=O)cc(COC(=O)c3c(C)oc(-n4cccc4)c3C#N)c2cc1C. The first-order chi connectivity index (χ1) is 14.4. The fourth-order valence-corrected chi connectivity index (χ4v) is 3.35. The molecule has 7 nitrogen and oxygen atoms in total. The Hall–Kier alpha value is -4.05. The number of rotatable bonds is 4. The van der Waals surface area contributed by atoms with Gasteiger partial charge in [0.25, 0.3) is 0 Å². The van der Waals surface area contributed by atoms with Gasteiger partial charge in [-0.25, -0.2) is 9.59 Å². The van der Waals surface area contributed by atoms with E-state index in [0.717, 1.165) is 11.1 Å². The normalized spacial score (nSPS) is 10.9. The minimum atomic E-state index is -0.698. The first kappa shape index (κ1) is 19.3. The second-order valence-corrected chi connectivity index (χ2v) is 7.01. The highest BCUT2D eigenvalue weighted by Crippen LogP contribution is 2.27. The van der Waals surface area contributed by atoms with Gasteiger partial charge in [0.15, 0.2) is 0 Å². The Morgan fingerprint density at radius 1 is 1.10 bits per heavy atom. The molecule has 0 aliphatic carbocycles. The van der Waals surface area contributed by atoms with Crippen molar-refractivity contribution in [2.45, 2.75) is 27.4 Å².